The molecule has 3 aromatic rings. The highest BCUT2D eigenvalue weighted by molar-refractivity contribution is 7.98. The Bertz CT molecular complexity index is 1010. The topological polar surface area (TPSA) is 58.1 Å². The van der Waals surface area contributed by atoms with Gasteiger partial charge < -0.3 is 10.2 Å². The highest BCUT2D eigenvalue weighted by atomic mass is 32.2. The molecule has 1 atom stereocenters. The van der Waals surface area contributed by atoms with E-state index in [-0.39, 0.29) is 17.6 Å². The minimum Gasteiger partial charge on any atom is -0.352 e. The summed E-state index contributed by atoms with van der Waals surface area (Å²) >= 11 is 1.70. The molecule has 1 saturated heterocycles. The van der Waals surface area contributed by atoms with E-state index in [0.29, 0.717) is 19.0 Å². The Morgan fingerprint density at radius 2 is 1.81 bits per heavy atom. The van der Waals surface area contributed by atoms with Crippen LogP contribution < -0.4 is 10.2 Å². The first-order valence-corrected chi connectivity index (χ1v) is 11.6. The smallest absolute Gasteiger partial charge is 0.225 e. The number of piperidine rings is 1. The van der Waals surface area contributed by atoms with E-state index in [1.54, 1.807) is 36.3 Å². The molecule has 0 bridgehead atoms. The molecule has 0 saturated carbocycles. The lowest BCUT2D eigenvalue weighted by Gasteiger charge is -2.32. The number of nitrogens with zero attached hydrogens (tertiary/aromatic N) is 3. The number of hydrogen-bond acceptors (Lipinski definition) is 5. The van der Waals surface area contributed by atoms with Crippen molar-refractivity contribution in [3.63, 3.8) is 0 Å². The van der Waals surface area contributed by atoms with Crippen LogP contribution in [0.3, 0.4) is 0 Å². The van der Waals surface area contributed by atoms with Crippen LogP contribution >= 0.6 is 11.8 Å². The first kappa shape index (κ1) is 21.3. The van der Waals surface area contributed by atoms with Gasteiger partial charge in [-0.1, -0.05) is 24.3 Å². The molecule has 0 spiro atoms. The second kappa shape index (κ2) is 9.92. The lowest BCUT2D eigenvalue weighted by Crippen LogP contribution is -2.43. The third-order valence-electron chi connectivity index (χ3n) is 5.52. The Labute approximate surface area is 186 Å². The lowest BCUT2D eigenvalue weighted by molar-refractivity contribution is -0.125. The van der Waals surface area contributed by atoms with Gasteiger partial charge in [0.2, 0.25) is 11.9 Å². The molecule has 160 valence electrons. The zero-order valence-corrected chi connectivity index (χ0v) is 18.2. The SMILES string of the molecule is CSc1ccc(CNC(=O)C2CCCN(c3ncc(-c4ccc(F)cc4)cn3)C2)cc1. The molecule has 2 aromatic carbocycles. The predicted molar refractivity (Wildman–Crippen MR) is 122 cm³/mol. The molecule has 5 nitrogen and oxygen atoms in total. The highest BCUT2D eigenvalue weighted by Gasteiger charge is 2.27. The zero-order valence-electron chi connectivity index (χ0n) is 17.4. The fourth-order valence-corrected chi connectivity index (χ4v) is 4.13. The van der Waals surface area contributed by atoms with Crippen LogP contribution in [-0.2, 0) is 11.3 Å². The Kier molecular flexibility index (Phi) is 6.82. The van der Waals surface area contributed by atoms with Gasteiger partial charge in [0.05, 0.1) is 5.92 Å². The van der Waals surface area contributed by atoms with Gasteiger partial charge in [-0.3, -0.25) is 4.79 Å². The summed E-state index contributed by atoms with van der Waals surface area (Å²) in [5, 5.41) is 3.07. The van der Waals surface area contributed by atoms with Gasteiger partial charge in [0.25, 0.3) is 0 Å². The van der Waals surface area contributed by atoms with Gasteiger partial charge in [-0.25, -0.2) is 14.4 Å². The van der Waals surface area contributed by atoms with Crippen molar-refractivity contribution in [2.75, 3.05) is 24.2 Å². The van der Waals surface area contributed by atoms with Gasteiger partial charge in [0.1, 0.15) is 5.82 Å². The summed E-state index contributed by atoms with van der Waals surface area (Å²) in [4.78, 5) is 25.0. The van der Waals surface area contributed by atoms with E-state index in [9.17, 15) is 9.18 Å². The predicted octanol–water partition coefficient (Wildman–Crippen LogP) is 4.54. The van der Waals surface area contributed by atoms with E-state index in [4.69, 9.17) is 0 Å². The molecule has 7 heteroatoms. The summed E-state index contributed by atoms with van der Waals surface area (Å²) in [5.74, 6) is 0.341. The average Bonchev–Trinajstić information content (AvgIpc) is 2.83. The minimum absolute atomic E-state index is 0.0709. The standard InChI is InChI=1S/C24H25FN4OS/c1-31-22-10-4-17(5-11-22)13-26-23(30)19-3-2-12-29(16-19)24-27-14-20(15-28-24)18-6-8-21(25)9-7-18/h4-11,14-15,19H,2-3,12-13,16H2,1H3,(H,26,30). The van der Waals surface area contributed by atoms with E-state index in [0.717, 1.165) is 36.1 Å². The van der Waals surface area contributed by atoms with Crippen molar-refractivity contribution >= 4 is 23.6 Å². The summed E-state index contributed by atoms with van der Waals surface area (Å²) < 4.78 is 13.1. The lowest BCUT2D eigenvalue weighted by atomic mass is 9.97. The molecule has 1 fully saturated rings. The van der Waals surface area contributed by atoms with Gasteiger partial charge in [0.15, 0.2) is 0 Å². The van der Waals surface area contributed by atoms with Crippen LogP contribution in [0.25, 0.3) is 11.1 Å². The van der Waals surface area contributed by atoms with Crippen molar-refractivity contribution in [2.24, 2.45) is 5.92 Å². The molecular formula is C24H25FN4OS. The van der Waals surface area contributed by atoms with E-state index in [1.807, 2.05) is 6.26 Å². The Morgan fingerprint density at radius 1 is 1.10 bits per heavy atom. The maximum absolute atomic E-state index is 13.1. The monoisotopic (exact) mass is 436 g/mol. The minimum atomic E-state index is -0.268. The molecule has 4 rings (SSSR count). The Hall–Kier alpha value is -2.93. The molecule has 0 aliphatic carbocycles. The molecule has 1 N–H and O–H groups in total. The molecule has 1 amide bonds. The molecule has 1 aromatic heterocycles. The summed E-state index contributed by atoms with van der Waals surface area (Å²) in [6.07, 6.45) is 7.33. The van der Waals surface area contributed by atoms with Crippen LogP contribution in [0.5, 0.6) is 0 Å². The fraction of sp³-hybridized carbons (Fsp3) is 0.292. The van der Waals surface area contributed by atoms with Crippen molar-refractivity contribution in [2.45, 2.75) is 24.3 Å². The van der Waals surface area contributed by atoms with E-state index < -0.39 is 0 Å². The number of aromatic nitrogens is 2. The maximum atomic E-state index is 13.1. The summed E-state index contributed by atoms with van der Waals surface area (Å²) in [6, 6.07) is 14.5. The quantitative estimate of drug-likeness (QED) is 0.575. The molecule has 0 radical (unpaired) electrons. The molecule has 1 aliphatic rings. The van der Waals surface area contributed by atoms with Crippen molar-refractivity contribution < 1.29 is 9.18 Å². The van der Waals surface area contributed by atoms with Crippen molar-refractivity contribution in [1.29, 1.82) is 0 Å². The summed E-state index contributed by atoms with van der Waals surface area (Å²) in [7, 11) is 0. The Morgan fingerprint density at radius 3 is 2.48 bits per heavy atom. The van der Waals surface area contributed by atoms with Gasteiger partial charge in [-0.2, -0.15) is 0 Å². The number of anilines is 1. The van der Waals surface area contributed by atoms with Crippen LogP contribution in [0.1, 0.15) is 18.4 Å². The van der Waals surface area contributed by atoms with Crippen LogP contribution in [0.4, 0.5) is 10.3 Å². The van der Waals surface area contributed by atoms with E-state index in [1.165, 1.54) is 17.0 Å². The van der Waals surface area contributed by atoms with Crippen molar-refractivity contribution in [3.8, 4) is 11.1 Å². The van der Waals surface area contributed by atoms with Crippen LogP contribution in [0, 0.1) is 11.7 Å². The third kappa shape index (κ3) is 5.41. The molecular weight excluding hydrogens is 411 g/mol. The number of carbonyl (C=O) groups is 1. The number of thioether (sulfide) groups is 1. The average molecular weight is 437 g/mol. The molecule has 1 aliphatic heterocycles. The summed E-state index contributed by atoms with van der Waals surface area (Å²) in [5.41, 5.74) is 2.80. The second-order valence-electron chi connectivity index (χ2n) is 7.63. The van der Waals surface area contributed by atoms with Crippen LogP contribution in [0.2, 0.25) is 0 Å². The maximum Gasteiger partial charge on any atom is 0.225 e. The number of halogens is 1. The molecule has 1 unspecified atom stereocenters. The van der Waals surface area contributed by atoms with E-state index in [2.05, 4.69) is 44.5 Å². The van der Waals surface area contributed by atoms with Gasteiger partial charge >= 0.3 is 0 Å². The Balaban J connectivity index is 1.35. The zero-order chi connectivity index (χ0) is 21.6. The first-order valence-electron chi connectivity index (χ1n) is 10.4. The largest absolute Gasteiger partial charge is 0.352 e. The first-order chi connectivity index (χ1) is 15.1. The number of rotatable bonds is 6. The number of benzene rings is 2. The number of carbonyl (C=O) groups excluding carboxylic acids is 1. The second-order valence-corrected chi connectivity index (χ2v) is 8.51. The van der Waals surface area contributed by atoms with E-state index >= 15 is 0 Å². The molecule has 31 heavy (non-hydrogen) atoms. The van der Waals surface area contributed by atoms with Crippen LogP contribution in [-0.4, -0.2) is 35.2 Å². The van der Waals surface area contributed by atoms with Crippen molar-refractivity contribution in [3.05, 3.63) is 72.3 Å². The number of nitrogens with one attached hydrogen (secondary N) is 1. The highest BCUT2D eigenvalue weighted by Crippen LogP contribution is 2.23. The number of hydrogen-bond donors (Lipinski definition) is 1. The van der Waals surface area contributed by atoms with Crippen molar-refractivity contribution in [1.82, 2.24) is 15.3 Å². The number of amides is 1. The van der Waals surface area contributed by atoms with Gasteiger partial charge in [-0.05, 0) is 54.5 Å². The third-order valence-corrected chi connectivity index (χ3v) is 6.26. The normalized spacial score (nSPS) is 16.2. The molecule has 2 heterocycles. The fourth-order valence-electron chi connectivity index (χ4n) is 3.73. The van der Waals surface area contributed by atoms with Crippen LogP contribution in [0.15, 0.2) is 65.8 Å². The summed E-state index contributed by atoms with van der Waals surface area (Å²) in [6.45, 7) is 1.97. The van der Waals surface area contributed by atoms with Gasteiger partial charge in [-0.15, -0.1) is 11.8 Å². The van der Waals surface area contributed by atoms with Gasteiger partial charge in [0, 0.05) is 42.5 Å².